The Morgan fingerprint density at radius 2 is 1.88 bits per heavy atom. The van der Waals surface area contributed by atoms with Gasteiger partial charge in [0, 0.05) is 37.7 Å². The van der Waals surface area contributed by atoms with Gasteiger partial charge in [-0.2, -0.15) is 0 Å². The number of carbonyl (C=O) groups excluding carboxylic acids is 1. The van der Waals surface area contributed by atoms with Gasteiger partial charge < -0.3 is 15.1 Å². The van der Waals surface area contributed by atoms with Crippen molar-refractivity contribution in [3.63, 3.8) is 0 Å². The van der Waals surface area contributed by atoms with Crippen LogP contribution in [0.4, 0.5) is 17.2 Å². The summed E-state index contributed by atoms with van der Waals surface area (Å²) in [5.74, 6) is 0.526. The SMILES string of the molecule is CSc1ncc(C=O)c(Nc2ccc(N(C)CCN(C)C)cc2)n1. The third-order valence-electron chi connectivity index (χ3n) is 3.56. The summed E-state index contributed by atoms with van der Waals surface area (Å²) in [5.41, 5.74) is 2.47. The smallest absolute Gasteiger partial charge is 0.189 e. The number of nitrogens with one attached hydrogen (secondary N) is 1. The summed E-state index contributed by atoms with van der Waals surface area (Å²) in [6.07, 6.45) is 4.20. The fraction of sp³-hybridized carbons (Fsp3) is 0.353. The molecule has 0 fully saturated rings. The predicted octanol–water partition coefficient (Wildman–Crippen LogP) is 2.75. The molecule has 2 aromatic rings. The Balaban J connectivity index is 2.10. The maximum Gasteiger partial charge on any atom is 0.189 e. The zero-order valence-electron chi connectivity index (χ0n) is 14.5. The Hall–Kier alpha value is -2.12. The minimum absolute atomic E-state index is 0.444. The molecule has 0 bridgehead atoms. The van der Waals surface area contributed by atoms with Crippen LogP contribution in [-0.4, -0.2) is 61.6 Å². The van der Waals surface area contributed by atoms with E-state index < -0.39 is 0 Å². The van der Waals surface area contributed by atoms with Gasteiger partial charge in [0.15, 0.2) is 11.4 Å². The molecule has 24 heavy (non-hydrogen) atoms. The quantitative estimate of drug-likeness (QED) is 0.448. The van der Waals surface area contributed by atoms with Gasteiger partial charge in [0.2, 0.25) is 0 Å². The summed E-state index contributed by atoms with van der Waals surface area (Å²) in [5, 5.41) is 3.82. The fourth-order valence-corrected chi connectivity index (χ4v) is 2.42. The summed E-state index contributed by atoms with van der Waals surface area (Å²) in [7, 11) is 6.21. The van der Waals surface area contributed by atoms with Crippen LogP contribution in [0, 0.1) is 0 Å². The Morgan fingerprint density at radius 3 is 2.46 bits per heavy atom. The van der Waals surface area contributed by atoms with Crippen molar-refractivity contribution in [2.24, 2.45) is 0 Å². The van der Waals surface area contributed by atoms with E-state index in [0.717, 1.165) is 30.8 Å². The second-order valence-electron chi connectivity index (χ2n) is 5.68. The number of thioether (sulfide) groups is 1. The lowest BCUT2D eigenvalue weighted by molar-refractivity contribution is 0.112. The van der Waals surface area contributed by atoms with E-state index in [9.17, 15) is 4.79 Å². The van der Waals surface area contributed by atoms with Gasteiger partial charge in [0.25, 0.3) is 0 Å². The van der Waals surface area contributed by atoms with Gasteiger partial charge in [-0.15, -0.1) is 0 Å². The highest BCUT2D eigenvalue weighted by Crippen LogP contribution is 2.22. The highest BCUT2D eigenvalue weighted by atomic mass is 32.2. The summed E-state index contributed by atoms with van der Waals surface area (Å²) in [4.78, 5) is 24.0. The zero-order chi connectivity index (χ0) is 17.5. The van der Waals surface area contributed by atoms with Crippen LogP contribution < -0.4 is 10.2 Å². The number of aromatic nitrogens is 2. The summed E-state index contributed by atoms with van der Waals surface area (Å²) in [6.45, 7) is 1.95. The minimum atomic E-state index is 0.444. The first-order valence-electron chi connectivity index (χ1n) is 7.62. The maximum atomic E-state index is 11.2. The molecule has 0 saturated heterocycles. The van der Waals surface area contributed by atoms with Crippen LogP contribution in [0.25, 0.3) is 0 Å². The highest BCUT2D eigenvalue weighted by Gasteiger charge is 2.07. The van der Waals surface area contributed by atoms with Crippen LogP contribution in [0.3, 0.4) is 0 Å². The third-order valence-corrected chi connectivity index (χ3v) is 4.12. The number of hydrogen-bond acceptors (Lipinski definition) is 7. The normalized spacial score (nSPS) is 10.7. The topological polar surface area (TPSA) is 61.4 Å². The van der Waals surface area contributed by atoms with Crippen molar-refractivity contribution in [2.45, 2.75) is 5.16 Å². The lowest BCUT2D eigenvalue weighted by Gasteiger charge is -2.21. The molecular weight excluding hydrogens is 322 g/mol. The van der Waals surface area contributed by atoms with E-state index in [1.807, 2.05) is 18.4 Å². The van der Waals surface area contributed by atoms with Crippen molar-refractivity contribution in [1.82, 2.24) is 14.9 Å². The highest BCUT2D eigenvalue weighted by molar-refractivity contribution is 7.98. The predicted molar refractivity (Wildman–Crippen MR) is 101 cm³/mol. The summed E-state index contributed by atoms with van der Waals surface area (Å²) < 4.78 is 0. The minimum Gasteiger partial charge on any atom is -0.373 e. The molecule has 0 aliphatic heterocycles. The molecule has 2 rings (SSSR count). The van der Waals surface area contributed by atoms with Crippen molar-refractivity contribution >= 4 is 35.2 Å². The molecule has 1 N–H and O–H groups in total. The van der Waals surface area contributed by atoms with E-state index in [2.05, 4.69) is 58.4 Å². The first-order chi connectivity index (χ1) is 11.5. The van der Waals surface area contributed by atoms with E-state index in [1.165, 1.54) is 18.0 Å². The fourth-order valence-electron chi connectivity index (χ4n) is 2.07. The first-order valence-corrected chi connectivity index (χ1v) is 8.85. The molecule has 1 heterocycles. The number of anilines is 3. The van der Waals surface area contributed by atoms with Crippen molar-refractivity contribution in [1.29, 1.82) is 0 Å². The molecule has 6 nitrogen and oxygen atoms in total. The number of rotatable bonds is 8. The Bertz CT molecular complexity index is 675. The van der Waals surface area contributed by atoms with Crippen LogP contribution in [-0.2, 0) is 0 Å². The Labute approximate surface area is 147 Å². The van der Waals surface area contributed by atoms with E-state index in [1.54, 1.807) is 0 Å². The molecule has 0 spiro atoms. The van der Waals surface area contributed by atoms with Crippen molar-refractivity contribution < 1.29 is 4.79 Å². The van der Waals surface area contributed by atoms with Crippen LogP contribution in [0.5, 0.6) is 0 Å². The van der Waals surface area contributed by atoms with Crippen LogP contribution in [0.2, 0.25) is 0 Å². The van der Waals surface area contributed by atoms with Gasteiger partial charge in [0.1, 0.15) is 5.82 Å². The molecule has 0 atom stereocenters. The molecule has 0 radical (unpaired) electrons. The van der Waals surface area contributed by atoms with E-state index in [0.29, 0.717) is 16.5 Å². The lowest BCUT2D eigenvalue weighted by Crippen LogP contribution is -2.28. The number of nitrogens with zero attached hydrogens (tertiary/aromatic N) is 4. The molecule has 0 saturated carbocycles. The first kappa shape index (κ1) is 18.2. The second-order valence-corrected chi connectivity index (χ2v) is 6.45. The lowest BCUT2D eigenvalue weighted by atomic mass is 10.2. The van der Waals surface area contributed by atoms with E-state index in [-0.39, 0.29) is 0 Å². The van der Waals surface area contributed by atoms with Crippen molar-refractivity contribution in [2.75, 3.05) is 50.7 Å². The van der Waals surface area contributed by atoms with Crippen LogP contribution in [0.1, 0.15) is 10.4 Å². The summed E-state index contributed by atoms with van der Waals surface area (Å²) in [6, 6.07) is 8.07. The maximum absolute atomic E-state index is 11.2. The van der Waals surface area contributed by atoms with Gasteiger partial charge in [-0.3, -0.25) is 4.79 Å². The van der Waals surface area contributed by atoms with Gasteiger partial charge in [-0.1, -0.05) is 11.8 Å². The second kappa shape index (κ2) is 8.65. The van der Waals surface area contributed by atoms with Gasteiger partial charge >= 0.3 is 0 Å². The Kier molecular flexibility index (Phi) is 6.57. The monoisotopic (exact) mass is 345 g/mol. The average molecular weight is 345 g/mol. The van der Waals surface area contributed by atoms with Crippen LogP contribution in [0.15, 0.2) is 35.6 Å². The van der Waals surface area contributed by atoms with Crippen molar-refractivity contribution in [3.8, 4) is 0 Å². The Morgan fingerprint density at radius 1 is 1.17 bits per heavy atom. The van der Waals surface area contributed by atoms with E-state index in [4.69, 9.17) is 0 Å². The number of benzene rings is 1. The van der Waals surface area contributed by atoms with Gasteiger partial charge in [-0.05, 0) is 44.6 Å². The third kappa shape index (κ3) is 4.94. The number of hydrogen-bond donors (Lipinski definition) is 1. The van der Waals surface area contributed by atoms with Gasteiger partial charge in [-0.25, -0.2) is 9.97 Å². The molecule has 0 unspecified atom stereocenters. The summed E-state index contributed by atoms with van der Waals surface area (Å²) >= 11 is 1.44. The molecule has 128 valence electrons. The largest absolute Gasteiger partial charge is 0.373 e. The van der Waals surface area contributed by atoms with Crippen LogP contribution >= 0.6 is 11.8 Å². The molecule has 1 aromatic heterocycles. The standard InChI is InChI=1S/C17H23N5OS/c1-21(2)9-10-22(3)15-7-5-14(6-8-15)19-16-13(12-23)11-18-17(20-16)24-4/h5-8,11-12H,9-10H2,1-4H3,(H,18,19,20). The molecule has 0 amide bonds. The number of likely N-dealkylation sites (N-methyl/N-ethyl adjacent to an activating group) is 2. The molecule has 0 aliphatic rings. The zero-order valence-corrected chi connectivity index (χ0v) is 15.3. The molecular formula is C17H23N5OS. The average Bonchev–Trinajstić information content (AvgIpc) is 2.60. The number of carbonyl (C=O) groups is 1. The van der Waals surface area contributed by atoms with E-state index >= 15 is 0 Å². The molecule has 1 aromatic carbocycles. The van der Waals surface area contributed by atoms with Gasteiger partial charge in [0.05, 0.1) is 5.56 Å². The molecule has 0 aliphatic carbocycles. The number of aldehydes is 1. The van der Waals surface area contributed by atoms with Crippen molar-refractivity contribution in [3.05, 3.63) is 36.0 Å². The molecule has 7 heteroatoms.